The van der Waals surface area contributed by atoms with Crippen molar-refractivity contribution in [1.29, 1.82) is 0 Å². The fourth-order valence-corrected chi connectivity index (χ4v) is 2.78. The van der Waals surface area contributed by atoms with Crippen molar-refractivity contribution in [2.75, 3.05) is 0 Å². The molecule has 4 rings (SSSR count). The first-order chi connectivity index (χ1) is 11.4. The lowest BCUT2D eigenvalue weighted by Crippen LogP contribution is -1.87. The first-order valence-corrected chi connectivity index (χ1v) is 7.71. The average Bonchev–Trinajstić information content (AvgIpc) is 3.04. The molecule has 3 aromatic carbocycles. The number of fused-ring (bicyclic) bond motifs is 1. The van der Waals surface area contributed by atoms with Gasteiger partial charge in [-0.1, -0.05) is 78.9 Å². The summed E-state index contributed by atoms with van der Waals surface area (Å²) in [7, 11) is 0. The predicted octanol–water partition coefficient (Wildman–Crippen LogP) is 6.02. The SMILES string of the molecule is C(=C(c1ccccc1)c1ccccc1)c1cc2ccccc2o1. The normalized spacial score (nSPS) is 10.6. The molecule has 0 atom stereocenters. The van der Waals surface area contributed by atoms with E-state index >= 15 is 0 Å². The Balaban J connectivity index is 1.87. The van der Waals surface area contributed by atoms with Gasteiger partial charge in [-0.2, -0.15) is 0 Å². The highest BCUT2D eigenvalue weighted by Crippen LogP contribution is 2.28. The molecular weight excluding hydrogens is 280 g/mol. The fraction of sp³-hybridized carbons (Fsp3) is 0. The summed E-state index contributed by atoms with van der Waals surface area (Å²) in [4.78, 5) is 0. The third-order valence-corrected chi connectivity index (χ3v) is 3.90. The van der Waals surface area contributed by atoms with Gasteiger partial charge in [0, 0.05) is 5.39 Å². The molecule has 0 bridgehead atoms. The first-order valence-electron chi connectivity index (χ1n) is 7.71. The van der Waals surface area contributed by atoms with Gasteiger partial charge in [0.15, 0.2) is 0 Å². The van der Waals surface area contributed by atoms with Crippen molar-refractivity contribution in [1.82, 2.24) is 0 Å². The summed E-state index contributed by atoms with van der Waals surface area (Å²) >= 11 is 0. The van der Waals surface area contributed by atoms with Gasteiger partial charge in [0.05, 0.1) is 0 Å². The molecule has 0 aliphatic carbocycles. The highest BCUT2D eigenvalue weighted by Gasteiger charge is 2.07. The van der Waals surface area contributed by atoms with Crippen molar-refractivity contribution in [3.8, 4) is 0 Å². The summed E-state index contributed by atoms with van der Waals surface area (Å²) in [5, 5.41) is 1.12. The zero-order valence-electron chi connectivity index (χ0n) is 12.6. The number of rotatable bonds is 3. The highest BCUT2D eigenvalue weighted by molar-refractivity contribution is 5.92. The lowest BCUT2D eigenvalue weighted by Gasteiger charge is -2.07. The van der Waals surface area contributed by atoms with Crippen molar-refractivity contribution in [3.63, 3.8) is 0 Å². The summed E-state index contributed by atoms with van der Waals surface area (Å²) in [6, 6.07) is 31.0. The molecule has 1 nitrogen and oxygen atoms in total. The van der Waals surface area contributed by atoms with Crippen LogP contribution in [0.5, 0.6) is 0 Å². The number of benzene rings is 3. The third-order valence-electron chi connectivity index (χ3n) is 3.90. The molecule has 1 heteroatoms. The van der Waals surface area contributed by atoms with Crippen LogP contribution in [0.3, 0.4) is 0 Å². The van der Waals surface area contributed by atoms with Gasteiger partial charge in [0.2, 0.25) is 0 Å². The molecule has 110 valence electrons. The largest absolute Gasteiger partial charge is 0.457 e. The Morgan fingerprint density at radius 2 is 1.22 bits per heavy atom. The molecule has 0 unspecified atom stereocenters. The maximum absolute atomic E-state index is 5.97. The average molecular weight is 296 g/mol. The van der Waals surface area contributed by atoms with Crippen molar-refractivity contribution in [3.05, 3.63) is 108 Å². The van der Waals surface area contributed by atoms with Crippen molar-refractivity contribution < 1.29 is 4.42 Å². The second kappa shape index (κ2) is 5.98. The molecule has 0 saturated carbocycles. The maximum atomic E-state index is 5.97. The molecule has 0 fully saturated rings. The predicted molar refractivity (Wildman–Crippen MR) is 96.1 cm³/mol. The molecule has 0 spiro atoms. The maximum Gasteiger partial charge on any atom is 0.134 e. The zero-order chi connectivity index (χ0) is 15.5. The van der Waals surface area contributed by atoms with Gasteiger partial charge >= 0.3 is 0 Å². The van der Waals surface area contributed by atoms with E-state index in [4.69, 9.17) is 4.42 Å². The molecule has 1 aromatic heterocycles. The quantitative estimate of drug-likeness (QED) is 0.450. The van der Waals surface area contributed by atoms with Gasteiger partial charge in [0.25, 0.3) is 0 Å². The number of hydrogen-bond donors (Lipinski definition) is 0. The molecule has 0 radical (unpaired) electrons. The van der Waals surface area contributed by atoms with E-state index in [1.54, 1.807) is 0 Å². The van der Waals surface area contributed by atoms with Gasteiger partial charge < -0.3 is 4.42 Å². The van der Waals surface area contributed by atoms with Crippen molar-refractivity contribution in [2.24, 2.45) is 0 Å². The van der Waals surface area contributed by atoms with Crippen LogP contribution in [0.25, 0.3) is 22.6 Å². The van der Waals surface area contributed by atoms with Gasteiger partial charge in [-0.15, -0.1) is 0 Å². The standard InChI is InChI=1S/C22H16O/c1-3-9-17(10-4-1)21(18-11-5-2-6-12-18)16-20-15-19-13-7-8-14-22(19)23-20/h1-16H. The van der Waals surface area contributed by atoms with Crippen molar-refractivity contribution >= 4 is 22.6 Å². The summed E-state index contributed by atoms with van der Waals surface area (Å²) in [6.45, 7) is 0. The fourth-order valence-electron chi connectivity index (χ4n) is 2.78. The summed E-state index contributed by atoms with van der Waals surface area (Å²) in [5.41, 5.74) is 4.43. The molecule has 0 aliphatic heterocycles. The van der Waals surface area contributed by atoms with Crippen LogP contribution in [0.15, 0.2) is 95.4 Å². The minimum absolute atomic E-state index is 0.869. The van der Waals surface area contributed by atoms with Crippen LogP contribution in [0.4, 0.5) is 0 Å². The van der Waals surface area contributed by atoms with Crippen LogP contribution in [0, 0.1) is 0 Å². The van der Waals surface area contributed by atoms with Gasteiger partial charge in [-0.25, -0.2) is 0 Å². The van der Waals surface area contributed by atoms with Crippen LogP contribution in [-0.2, 0) is 0 Å². The third kappa shape index (κ3) is 2.82. The van der Waals surface area contributed by atoms with E-state index in [1.807, 2.05) is 30.3 Å². The first kappa shape index (κ1) is 13.6. The van der Waals surface area contributed by atoms with E-state index in [0.717, 1.165) is 22.3 Å². The molecule has 0 amide bonds. The molecule has 23 heavy (non-hydrogen) atoms. The molecule has 1 heterocycles. The molecule has 0 N–H and O–H groups in total. The van der Waals surface area contributed by atoms with E-state index in [0.29, 0.717) is 0 Å². The summed E-state index contributed by atoms with van der Waals surface area (Å²) < 4.78 is 5.97. The molecule has 0 aliphatic rings. The Morgan fingerprint density at radius 1 is 0.652 bits per heavy atom. The van der Waals surface area contributed by atoms with Crippen LogP contribution in [0.2, 0.25) is 0 Å². The smallest absolute Gasteiger partial charge is 0.134 e. The number of para-hydroxylation sites is 1. The lowest BCUT2D eigenvalue weighted by atomic mass is 9.97. The van der Waals surface area contributed by atoms with E-state index in [2.05, 4.69) is 66.7 Å². The minimum atomic E-state index is 0.869. The second-order valence-electron chi connectivity index (χ2n) is 5.48. The van der Waals surface area contributed by atoms with E-state index in [1.165, 1.54) is 11.1 Å². The Labute approximate surface area is 135 Å². The molecule has 4 aromatic rings. The van der Waals surface area contributed by atoms with E-state index in [-0.39, 0.29) is 0 Å². The Hall–Kier alpha value is -3.06. The lowest BCUT2D eigenvalue weighted by molar-refractivity contribution is 0.604. The molecular formula is C22H16O. The monoisotopic (exact) mass is 296 g/mol. The second-order valence-corrected chi connectivity index (χ2v) is 5.48. The van der Waals surface area contributed by atoms with Crippen molar-refractivity contribution in [2.45, 2.75) is 0 Å². The van der Waals surface area contributed by atoms with Crippen LogP contribution in [0.1, 0.15) is 16.9 Å². The summed E-state index contributed by atoms with van der Waals surface area (Å²) in [6.07, 6.45) is 2.12. The van der Waals surface area contributed by atoms with Crippen LogP contribution in [-0.4, -0.2) is 0 Å². The Bertz CT molecular complexity index is 872. The van der Waals surface area contributed by atoms with Crippen LogP contribution >= 0.6 is 0 Å². The van der Waals surface area contributed by atoms with Gasteiger partial charge in [-0.3, -0.25) is 0 Å². The van der Waals surface area contributed by atoms with Gasteiger partial charge in [-0.05, 0) is 34.9 Å². The van der Waals surface area contributed by atoms with E-state index < -0.39 is 0 Å². The Kier molecular flexibility index (Phi) is 3.53. The Morgan fingerprint density at radius 3 is 1.83 bits per heavy atom. The highest BCUT2D eigenvalue weighted by atomic mass is 16.3. The number of furan rings is 1. The number of hydrogen-bond acceptors (Lipinski definition) is 1. The summed E-state index contributed by atoms with van der Waals surface area (Å²) in [5.74, 6) is 0.869. The molecule has 0 saturated heterocycles. The zero-order valence-corrected chi connectivity index (χ0v) is 12.6. The minimum Gasteiger partial charge on any atom is -0.457 e. The topological polar surface area (TPSA) is 13.1 Å². The van der Waals surface area contributed by atoms with Crippen LogP contribution < -0.4 is 0 Å². The van der Waals surface area contributed by atoms with E-state index in [9.17, 15) is 0 Å². The van der Waals surface area contributed by atoms with Gasteiger partial charge in [0.1, 0.15) is 11.3 Å².